The van der Waals surface area contributed by atoms with Crippen molar-refractivity contribution in [3.8, 4) is 0 Å². The highest BCUT2D eigenvalue weighted by Crippen LogP contribution is 2.56. The van der Waals surface area contributed by atoms with E-state index in [1.807, 2.05) is 4.57 Å². The smallest absolute Gasteiger partial charge is 0.223 e. The fourth-order valence-corrected chi connectivity index (χ4v) is 3.45. The molecule has 2 atom stereocenters. The molecule has 20 heavy (non-hydrogen) atoms. The molecule has 0 unspecified atom stereocenters. The maximum absolute atomic E-state index is 9.12. The number of nitrogen functional groups attached to an aromatic ring is 1. The van der Waals surface area contributed by atoms with Crippen molar-refractivity contribution in [3.63, 3.8) is 0 Å². The van der Waals surface area contributed by atoms with E-state index in [2.05, 4.69) is 28.8 Å². The Balaban J connectivity index is 2.00. The Labute approximate surface area is 122 Å². The number of aliphatic hydroxyl groups is 1. The normalized spacial score (nSPS) is 24.8. The molecule has 0 aliphatic heterocycles. The Hall–Kier alpha value is -1.40. The number of anilines is 1. The second-order valence-corrected chi connectivity index (χ2v) is 6.34. The van der Waals surface area contributed by atoms with Crippen molar-refractivity contribution in [2.24, 2.45) is 11.3 Å². The third kappa shape index (κ3) is 1.86. The molecule has 0 saturated heterocycles. The van der Waals surface area contributed by atoms with Gasteiger partial charge in [-0.2, -0.15) is 9.97 Å². The molecular weight excluding hydrogens is 278 g/mol. The lowest BCUT2D eigenvalue weighted by atomic mass is 9.57. The van der Waals surface area contributed by atoms with E-state index in [9.17, 15) is 0 Å². The highest BCUT2D eigenvalue weighted by molar-refractivity contribution is 6.33. The molecule has 1 saturated carbocycles. The SMILES string of the molecule is CC1(C)[C@H](CCO)C[C@@H]1n1cnc2c(Cl)nc(N)nc21. The molecule has 7 heteroatoms. The van der Waals surface area contributed by atoms with Crippen molar-refractivity contribution >= 4 is 28.7 Å². The number of imidazole rings is 1. The zero-order valence-electron chi connectivity index (χ0n) is 11.5. The average Bonchev–Trinajstić information content (AvgIpc) is 2.77. The zero-order chi connectivity index (χ0) is 14.5. The summed E-state index contributed by atoms with van der Waals surface area (Å²) in [5.74, 6) is 0.665. The highest BCUT2D eigenvalue weighted by atomic mass is 35.5. The molecule has 108 valence electrons. The second kappa shape index (κ2) is 4.56. The summed E-state index contributed by atoms with van der Waals surface area (Å²) in [5, 5.41) is 9.41. The first kappa shape index (κ1) is 13.6. The van der Waals surface area contributed by atoms with Crippen molar-refractivity contribution in [2.45, 2.75) is 32.7 Å². The first-order chi connectivity index (χ1) is 9.45. The van der Waals surface area contributed by atoms with E-state index in [1.54, 1.807) is 6.33 Å². The molecule has 2 aromatic heterocycles. The summed E-state index contributed by atoms with van der Waals surface area (Å²) in [4.78, 5) is 12.5. The van der Waals surface area contributed by atoms with Crippen LogP contribution < -0.4 is 5.73 Å². The molecule has 3 N–H and O–H groups in total. The second-order valence-electron chi connectivity index (χ2n) is 5.98. The van der Waals surface area contributed by atoms with Gasteiger partial charge in [0.2, 0.25) is 5.95 Å². The highest BCUT2D eigenvalue weighted by Gasteiger charge is 2.48. The largest absolute Gasteiger partial charge is 0.396 e. The van der Waals surface area contributed by atoms with Crippen molar-refractivity contribution in [3.05, 3.63) is 11.5 Å². The maximum atomic E-state index is 9.12. The average molecular weight is 296 g/mol. The van der Waals surface area contributed by atoms with Crippen LogP contribution in [0.1, 0.15) is 32.7 Å². The van der Waals surface area contributed by atoms with E-state index >= 15 is 0 Å². The first-order valence-corrected chi connectivity index (χ1v) is 7.09. The first-order valence-electron chi connectivity index (χ1n) is 6.71. The van der Waals surface area contributed by atoms with Gasteiger partial charge >= 0.3 is 0 Å². The molecule has 2 aromatic rings. The van der Waals surface area contributed by atoms with E-state index in [1.165, 1.54) is 0 Å². The number of fused-ring (bicyclic) bond motifs is 1. The summed E-state index contributed by atoms with van der Waals surface area (Å²) in [7, 11) is 0. The molecule has 0 spiro atoms. The molecule has 0 radical (unpaired) electrons. The van der Waals surface area contributed by atoms with Crippen LogP contribution in [-0.2, 0) is 0 Å². The molecule has 1 aliphatic rings. The van der Waals surface area contributed by atoms with Gasteiger partial charge in [-0.25, -0.2) is 4.98 Å². The van der Waals surface area contributed by atoms with Gasteiger partial charge in [0.15, 0.2) is 10.8 Å². The Kier molecular flexibility index (Phi) is 3.10. The number of nitrogens with zero attached hydrogens (tertiary/aromatic N) is 4. The maximum Gasteiger partial charge on any atom is 0.223 e. The number of halogens is 1. The van der Waals surface area contributed by atoms with Crippen molar-refractivity contribution in [2.75, 3.05) is 12.3 Å². The molecule has 6 nitrogen and oxygen atoms in total. The van der Waals surface area contributed by atoms with Crippen LogP contribution in [0.4, 0.5) is 5.95 Å². The molecule has 0 bridgehead atoms. The summed E-state index contributed by atoms with van der Waals surface area (Å²) in [6.07, 6.45) is 3.58. The summed E-state index contributed by atoms with van der Waals surface area (Å²) in [6, 6.07) is 0.286. The lowest BCUT2D eigenvalue weighted by Gasteiger charge is -2.52. The van der Waals surface area contributed by atoms with E-state index in [0.29, 0.717) is 17.1 Å². The summed E-state index contributed by atoms with van der Waals surface area (Å²) in [6.45, 7) is 4.64. The van der Waals surface area contributed by atoms with Gasteiger partial charge in [-0.1, -0.05) is 25.4 Å². The van der Waals surface area contributed by atoms with Gasteiger partial charge in [-0.3, -0.25) is 0 Å². The lowest BCUT2D eigenvalue weighted by Crippen LogP contribution is -2.46. The van der Waals surface area contributed by atoms with Crippen LogP contribution in [0.25, 0.3) is 11.2 Å². The monoisotopic (exact) mass is 295 g/mol. The van der Waals surface area contributed by atoms with Crippen LogP contribution in [0.15, 0.2) is 6.33 Å². The molecule has 3 rings (SSSR count). The minimum absolute atomic E-state index is 0.0859. The van der Waals surface area contributed by atoms with E-state index in [-0.39, 0.29) is 29.2 Å². The van der Waals surface area contributed by atoms with Crippen LogP contribution in [0, 0.1) is 11.3 Å². The minimum Gasteiger partial charge on any atom is -0.396 e. The quantitative estimate of drug-likeness (QED) is 0.846. The van der Waals surface area contributed by atoms with Gasteiger partial charge in [-0.15, -0.1) is 0 Å². The molecule has 1 fully saturated rings. The number of hydrogen-bond acceptors (Lipinski definition) is 5. The molecular formula is C13H18ClN5O. The standard InChI is InChI=1S/C13H18ClN5O/c1-13(2)7(3-4-20)5-8(13)19-6-16-9-10(14)17-12(15)18-11(9)19/h6-8,20H,3-5H2,1-2H3,(H2,15,17,18)/t7-,8+/m1/s1. The van der Waals surface area contributed by atoms with Gasteiger partial charge in [0.25, 0.3) is 0 Å². The molecule has 0 aromatic carbocycles. The van der Waals surface area contributed by atoms with E-state index in [4.69, 9.17) is 22.4 Å². The third-order valence-electron chi connectivity index (χ3n) is 4.63. The number of aromatic nitrogens is 4. The fraction of sp³-hybridized carbons (Fsp3) is 0.615. The van der Waals surface area contributed by atoms with Gasteiger partial charge in [0, 0.05) is 12.6 Å². The van der Waals surface area contributed by atoms with E-state index in [0.717, 1.165) is 12.8 Å². The summed E-state index contributed by atoms with van der Waals surface area (Å²) < 4.78 is 2.03. The molecule has 1 aliphatic carbocycles. The number of rotatable bonds is 3. The topological polar surface area (TPSA) is 89.8 Å². The Morgan fingerprint density at radius 2 is 2.25 bits per heavy atom. The number of hydrogen-bond donors (Lipinski definition) is 2. The molecule has 2 heterocycles. The molecule has 0 amide bonds. The van der Waals surface area contributed by atoms with Crippen LogP contribution in [0.5, 0.6) is 0 Å². The summed E-state index contributed by atoms with van der Waals surface area (Å²) in [5.41, 5.74) is 7.03. The van der Waals surface area contributed by atoms with Crippen LogP contribution in [-0.4, -0.2) is 31.2 Å². The minimum atomic E-state index is 0.0859. The fourth-order valence-electron chi connectivity index (χ4n) is 3.23. The van der Waals surface area contributed by atoms with Gasteiger partial charge < -0.3 is 15.4 Å². The predicted molar refractivity (Wildman–Crippen MR) is 77.4 cm³/mol. The zero-order valence-corrected chi connectivity index (χ0v) is 12.3. The van der Waals surface area contributed by atoms with Gasteiger partial charge in [-0.05, 0) is 24.2 Å². The van der Waals surface area contributed by atoms with Crippen LogP contribution in [0.3, 0.4) is 0 Å². The van der Waals surface area contributed by atoms with Crippen LogP contribution >= 0.6 is 11.6 Å². The van der Waals surface area contributed by atoms with Crippen LogP contribution in [0.2, 0.25) is 5.15 Å². The van der Waals surface area contributed by atoms with Crippen molar-refractivity contribution in [1.29, 1.82) is 0 Å². The van der Waals surface area contributed by atoms with E-state index < -0.39 is 0 Å². The van der Waals surface area contributed by atoms with Gasteiger partial charge in [0.1, 0.15) is 5.52 Å². The lowest BCUT2D eigenvalue weighted by molar-refractivity contribution is -0.0216. The third-order valence-corrected chi connectivity index (χ3v) is 4.89. The van der Waals surface area contributed by atoms with Crippen molar-refractivity contribution in [1.82, 2.24) is 19.5 Å². The Bertz CT molecular complexity index is 653. The predicted octanol–water partition coefficient (Wildman–Crippen LogP) is 2.03. The van der Waals surface area contributed by atoms with Gasteiger partial charge in [0.05, 0.1) is 6.33 Å². The van der Waals surface area contributed by atoms with Crippen molar-refractivity contribution < 1.29 is 5.11 Å². The summed E-state index contributed by atoms with van der Waals surface area (Å²) >= 11 is 6.05. The number of aliphatic hydroxyl groups excluding tert-OH is 1. The Morgan fingerprint density at radius 1 is 1.50 bits per heavy atom. The number of nitrogens with two attached hydrogens (primary N) is 1. The Morgan fingerprint density at radius 3 is 2.90 bits per heavy atom.